The van der Waals surface area contributed by atoms with Crippen LogP contribution in [0.5, 0.6) is 0 Å². The second kappa shape index (κ2) is 10.5. The summed E-state index contributed by atoms with van der Waals surface area (Å²) in [5.41, 5.74) is 6.03. The lowest BCUT2D eigenvalue weighted by Gasteiger charge is -2.22. The summed E-state index contributed by atoms with van der Waals surface area (Å²) in [5.74, 6) is 0.337. The molecule has 0 amide bonds. The van der Waals surface area contributed by atoms with Crippen LogP contribution in [0.2, 0.25) is 5.02 Å². The summed E-state index contributed by atoms with van der Waals surface area (Å²) in [6, 6.07) is 9.55. The van der Waals surface area contributed by atoms with Crippen LogP contribution >= 0.6 is 23.4 Å². The number of aryl methyl sites for hydroxylation is 1. The molecule has 3 aromatic rings. The normalized spacial score (nSPS) is 16.2. The Morgan fingerprint density at radius 1 is 1.10 bits per heavy atom. The lowest BCUT2D eigenvalue weighted by Crippen LogP contribution is -2.32. The molecule has 0 fully saturated rings. The molecule has 0 saturated heterocycles. The van der Waals surface area contributed by atoms with E-state index < -0.39 is 40.9 Å². The van der Waals surface area contributed by atoms with E-state index in [9.17, 15) is 36.2 Å². The van der Waals surface area contributed by atoms with Gasteiger partial charge in [0.2, 0.25) is 0 Å². The molecule has 0 saturated carbocycles. The lowest BCUT2D eigenvalue weighted by atomic mass is 9.98. The molecule has 1 unspecified atom stereocenters. The van der Waals surface area contributed by atoms with Gasteiger partial charge in [-0.1, -0.05) is 41.1 Å². The molecule has 2 aromatic carbocycles. The summed E-state index contributed by atoms with van der Waals surface area (Å²) in [6.07, 6.45) is -14.5. The van der Waals surface area contributed by atoms with E-state index >= 15 is 0 Å². The number of nitrogens with two attached hydrogens (primary N) is 1. The van der Waals surface area contributed by atoms with Crippen LogP contribution in [-0.4, -0.2) is 33.1 Å². The zero-order valence-corrected chi connectivity index (χ0v) is 22.1. The van der Waals surface area contributed by atoms with Crippen molar-refractivity contribution in [3.63, 3.8) is 0 Å². The molecule has 13 heteroatoms. The van der Waals surface area contributed by atoms with Crippen LogP contribution in [0, 0.1) is 6.92 Å². The number of fused-ring (bicyclic) bond motifs is 1. The van der Waals surface area contributed by atoms with E-state index in [0.29, 0.717) is 16.4 Å². The quantitative estimate of drug-likeness (QED) is 0.253. The molecule has 0 radical (unpaired) electrons. The molecule has 1 aliphatic heterocycles. The molecule has 1 aromatic heterocycles. The second-order valence-corrected chi connectivity index (χ2v) is 10.6. The molecule has 208 valence electrons. The highest BCUT2D eigenvalue weighted by Gasteiger charge is 2.47. The number of alkyl halides is 6. The van der Waals surface area contributed by atoms with Gasteiger partial charge in [-0.2, -0.15) is 26.3 Å². The summed E-state index contributed by atoms with van der Waals surface area (Å²) in [4.78, 5) is 16.2. The van der Waals surface area contributed by atoms with E-state index in [1.807, 2.05) is 0 Å². The molecular weight excluding hydrogens is 568 g/mol. The van der Waals surface area contributed by atoms with Crippen molar-refractivity contribution in [1.29, 1.82) is 0 Å². The molecule has 39 heavy (non-hydrogen) atoms. The number of rotatable bonds is 4. The van der Waals surface area contributed by atoms with Crippen LogP contribution in [0.15, 0.2) is 57.2 Å². The smallest absolute Gasteiger partial charge is 0.398 e. The molecule has 0 spiro atoms. The number of halogens is 7. The minimum atomic E-state index is -5.26. The van der Waals surface area contributed by atoms with E-state index in [1.165, 1.54) is 23.6 Å². The SMILES string of the molecule is CC1=C(c2cc3nc(C)n(Cc4ccc(Cl)cc4)c(=O)c3cc2N)SC(C(F)(F)F)=C(C(O)C(F)(F)F)CC1. The Morgan fingerprint density at radius 3 is 2.33 bits per heavy atom. The maximum atomic E-state index is 14.0. The van der Waals surface area contributed by atoms with Gasteiger partial charge in [-0.3, -0.25) is 9.36 Å². The second-order valence-electron chi connectivity index (χ2n) is 9.14. The maximum Gasteiger partial charge on any atom is 0.422 e. The van der Waals surface area contributed by atoms with Crippen molar-refractivity contribution in [3.05, 3.63) is 84.8 Å². The van der Waals surface area contributed by atoms with Gasteiger partial charge in [-0.25, -0.2) is 4.98 Å². The van der Waals surface area contributed by atoms with Crippen LogP contribution in [0.4, 0.5) is 32.0 Å². The molecule has 5 nitrogen and oxygen atoms in total. The van der Waals surface area contributed by atoms with Crippen molar-refractivity contribution in [1.82, 2.24) is 9.55 Å². The van der Waals surface area contributed by atoms with E-state index in [0.717, 1.165) is 5.56 Å². The molecule has 0 bridgehead atoms. The first-order chi connectivity index (χ1) is 18.1. The Balaban J connectivity index is 1.82. The first-order valence-corrected chi connectivity index (χ1v) is 12.8. The highest BCUT2D eigenvalue weighted by molar-refractivity contribution is 8.11. The van der Waals surface area contributed by atoms with Gasteiger partial charge in [-0.15, -0.1) is 0 Å². The maximum absolute atomic E-state index is 14.0. The molecule has 4 rings (SSSR count). The average Bonchev–Trinajstić information content (AvgIpc) is 3.01. The number of nitrogen functional groups attached to an aromatic ring is 1. The largest absolute Gasteiger partial charge is 0.422 e. The van der Waals surface area contributed by atoms with Crippen LogP contribution in [0.3, 0.4) is 0 Å². The van der Waals surface area contributed by atoms with Gasteiger partial charge in [0.1, 0.15) is 5.82 Å². The number of aliphatic hydroxyl groups excluding tert-OH is 1. The molecule has 0 aliphatic carbocycles. The molecule has 2 heterocycles. The summed E-state index contributed by atoms with van der Waals surface area (Å²) >= 11 is 6.00. The summed E-state index contributed by atoms with van der Waals surface area (Å²) in [7, 11) is 0. The van der Waals surface area contributed by atoms with Crippen molar-refractivity contribution < 1.29 is 31.4 Å². The fourth-order valence-corrected chi connectivity index (χ4v) is 5.69. The molecule has 1 aliphatic rings. The van der Waals surface area contributed by atoms with Gasteiger partial charge in [0.05, 0.1) is 22.4 Å². The van der Waals surface area contributed by atoms with Crippen LogP contribution in [-0.2, 0) is 6.54 Å². The molecule has 3 N–H and O–H groups in total. The minimum absolute atomic E-state index is 0.00380. The average molecular weight is 590 g/mol. The Bertz CT molecular complexity index is 1560. The van der Waals surface area contributed by atoms with Crippen LogP contribution < -0.4 is 11.3 Å². The van der Waals surface area contributed by atoms with Gasteiger partial charge < -0.3 is 10.8 Å². The van der Waals surface area contributed by atoms with Gasteiger partial charge in [0.25, 0.3) is 5.56 Å². The third-order valence-corrected chi connectivity index (χ3v) is 8.09. The highest BCUT2D eigenvalue weighted by atomic mass is 35.5. The van der Waals surface area contributed by atoms with Crippen molar-refractivity contribution in [3.8, 4) is 0 Å². The third kappa shape index (κ3) is 5.97. The topological polar surface area (TPSA) is 81.1 Å². The predicted molar refractivity (Wildman–Crippen MR) is 140 cm³/mol. The Hall–Kier alpha value is -2.96. The van der Waals surface area contributed by atoms with E-state index in [1.54, 1.807) is 31.2 Å². The highest BCUT2D eigenvalue weighted by Crippen LogP contribution is 2.51. The van der Waals surface area contributed by atoms with E-state index in [2.05, 4.69) is 4.98 Å². The lowest BCUT2D eigenvalue weighted by molar-refractivity contribution is -0.193. The van der Waals surface area contributed by atoms with Crippen molar-refractivity contribution in [2.45, 2.75) is 51.7 Å². The molecule has 1 atom stereocenters. The van der Waals surface area contributed by atoms with E-state index in [-0.39, 0.29) is 51.8 Å². The number of hydrogen-bond donors (Lipinski definition) is 2. The number of allylic oxidation sites excluding steroid dienone is 2. The zero-order valence-electron chi connectivity index (χ0n) is 20.5. The summed E-state index contributed by atoms with van der Waals surface area (Å²) in [5, 5.41) is 10.4. The van der Waals surface area contributed by atoms with Crippen LogP contribution in [0.1, 0.15) is 36.7 Å². The van der Waals surface area contributed by atoms with Crippen molar-refractivity contribution in [2.75, 3.05) is 5.73 Å². The summed E-state index contributed by atoms with van der Waals surface area (Å²) in [6.45, 7) is 3.29. The fourth-order valence-electron chi connectivity index (χ4n) is 4.34. The molecular formula is C26H22ClF6N3O2S. The number of aromatic nitrogens is 2. The number of anilines is 1. The number of benzene rings is 2. The number of nitrogens with zero attached hydrogens (tertiary/aromatic N) is 2. The first-order valence-electron chi connectivity index (χ1n) is 11.6. The van der Waals surface area contributed by atoms with Gasteiger partial charge in [-0.05, 0) is 62.1 Å². The van der Waals surface area contributed by atoms with Gasteiger partial charge >= 0.3 is 12.4 Å². The number of hydrogen-bond acceptors (Lipinski definition) is 5. The van der Waals surface area contributed by atoms with Crippen LogP contribution in [0.25, 0.3) is 15.8 Å². The predicted octanol–water partition coefficient (Wildman–Crippen LogP) is 6.99. The first kappa shape index (κ1) is 29.0. The van der Waals surface area contributed by atoms with Crippen molar-refractivity contribution >= 4 is 44.9 Å². The van der Waals surface area contributed by atoms with Crippen molar-refractivity contribution in [2.24, 2.45) is 0 Å². The fraction of sp³-hybridized carbons (Fsp3) is 0.308. The Morgan fingerprint density at radius 2 is 1.74 bits per heavy atom. The summed E-state index contributed by atoms with van der Waals surface area (Å²) < 4.78 is 82.9. The minimum Gasteiger partial charge on any atom is -0.398 e. The van der Waals surface area contributed by atoms with Gasteiger partial charge in [0.15, 0.2) is 6.10 Å². The van der Waals surface area contributed by atoms with E-state index in [4.69, 9.17) is 17.3 Å². The number of thioether (sulfide) groups is 1. The third-order valence-electron chi connectivity index (χ3n) is 6.37. The standard InChI is InChI=1S/C26H22ClF6N3O2S/c1-12-3-8-16(22(37)25(28,29)30)23(26(31,32)33)39-21(12)17-10-20-18(9-19(17)34)24(38)36(13(2)35-20)11-14-4-6-15(27)7-5-14/h4-7,9-10,22,37H,3,8,11,34H2,1-2H3. The number of aliphatic hydroxyl groups is 1. The van der Waals surface area contributed by atoms with Gasteiger partial charge in [0, 0.05) is 21.2 Å². The Kier molecular flexibility index (Phi) is 7.85. The monoisotopic (exact) mass is 589 g/mol. The zero-order chi connectivity index (χ0) is 28.9. The Labute approximate surface area is 228 Å².